The molecule has 2 aromatic rings. The van der Waals surface area contributed by atoms with E-state index in [9.17, 15) is 4.79 Å². The molecule has 0 spiro atoms. The van der Waals surface area contributed by atoms with Crippen LogP contribution in [-0.4, -0.2) is 18.2 Å². The summed E-state index contributed by atoms with van der Waals surface area (Å²) in [5.74, 6) is 0.916. The van der Waals surface area contributed by atoms with Crippen molar-refractivity contribution in [3.63, 3.8) is 0 Å². The minimum atomic E-state index is 0.00764. The van der Waals surface area contributed by atoms with Crippen LogP contribution in [0.15, 0.2) is 45.8 Å². The summed E-state index contributed by atoms with van der Waals surface area (Å²) in [5, 5.41) is 0. The Balaban J connectivity index is 2.05. The van der Waals surface area contributed by atoms with Crippen molar-refractivity contribution in [1.29, 1.82) is 0 Å². The maximum Gasteiger partial charge on any atom is 0.258 e. The highest BCUT2D eigenvalue weighted by Gasteiger charge is 2.25. The summed E-state index contributed by atoms with van der Waals surface area (Å²) >= 11 is 5.20. The van der Waals surface area contributed by atoms with Crippen molar-refractivity contribution in [2.24, 2.45) is 0 Å². The zero-order valence-corrected chi connectivity index (χ0v) is 14.0. The van der Waals surface area contributed by atoms with E-state index in [0.717, 1.165) is 26.4 Å². The zero-order valence-electron chi connectivity index (χ0n) is 11.6. The highest BCUT2D eigenvalue weighted by molar-refractivity contribution is 9.10. The maximum atomic E-state index is 12.9. The number of fused-ring (bicyclic) bond motifs is 1. The minimum Gasteiger partial charge on any atom is -0.398 e. The molecule has 0 atom stereocenters. The molecule has 0 aromatic heterocycles. The van der Waals surface area contributed by atoms with Crippen LogP contribution in [-0.2, 0) is 0 Å². The van der Waals surface area contributed by atoms with E-state index in [2.05, 4.69) is 22.0 Å². The first-order valence-electron chi connectivity index (χ1n) is 6.67. The molecule has 2 N–H and O–H groups in total. The summed E-state index contributed by atoms with van der Waals surface area (Å²) < 4.78 is 0.827. The molecule has 0 aliphatic carbocycles. The number of carbonyl (C=O) groups is 1. The van der Waals surface area contributed by atoms with Crippen molar-refractivity contribution in [2.75, 3.05) is 22.9 Å². The number of carbonyl (C=O) groups excluding carboxylic acids is 1. The minimum absolute atomic E-state index is 0.00764. The Morgan fingerprint density at radius 3 is 2.90 bits per heavy atom. The number of nitrogens with two attached hydrogens (primary N) is 1. The second-order valence-electron chi connectivity index (χ2n) is 4.94. The van der Waals surface area contributed by atoms with E-state index in [-0.39, 0.29) is 5.91 Å². The molecule has 108 valence electrons. The quantitative estimate of drug-likeness (QED) is 0.777. The van der Waals surface area contributed by atoms with Gasteiger partial charge in [-0.1, -0.05) is 28.1 Å². The number of thioether (sulfide) groups is 1. The molecule has 1 aliphatic heterocycles. The Morgan fingerprint density at radius 2 is 2.10 bits per heavy atom. The molecular formula is C16H15BrN2OS. The molecule has 0 unspecified atom stereocenters. The number of benzene rings is 2. The summed E-state index contributed by atoms with van der Waals surface area (Å²) in [6.07, 6.45) is 0. The van der Waals surface area contributed by atoms with Gasteiger partial charge in [-0.3, -0.25) is 4.79 Å². The van der Waals surface area contributed by atoms with Crippen molar-refractivity contribution in [3.05, 3.63) is 52.0 Å². The van der Waals surface area contributed by atoms with Gasteiger partial charge in [-0.05, 0) is 36.8 Å². The molecule has 3 nitrogen and oxygen atoms in total. The fourth-order valence-electron chi connectivity index (χ4n) is 2.45. The predicted molar refractivity (Wildman–Crippen MR) is 92.1 cm³/mol. The number of nitrogen functional groups attached to an aromatic ring is 1. The lowest BCUT2D eigenvalue weighted by Crippen LogP contribution is -2.35. The van der Waals surface area contributed by atoms with Gasteiger partial charge in [0, 0.05) is 32.9 Å². The topological polar surface area (TPSA) is 46.3 Å². The Bertz CT molecular complexity index is 717. The third-order valence-corrected chi connectivity index (χ3v) is 5.12. The van der Waals surface area contributed by atoms with Crippen LogP contribution in [0.2, 0.25) is 0 Å². The zero-order chi connectivity index (χ0) is 15.0. The van der Waals surface area contributed by atoms with Crippen molar-refractivity contribution in [2.45, 2.75) is 11.8 Å². The van der Waals surface area contributed by atoms with Crippen molar-refractivity contribution < 1.29 is 4.79 Å². The number of nitrogens with zero attached hydrogens (tertiary/aromatic N) is 1. The van der Waals surface area contributed by atoms with Crippen LogP contribution in [0.4, 0.5) is 11.4 Å². The first kappa shape index (κ1) is 14.5. The second-order valence-corrected chi connectivity index (χ2v) is 6.99. The number of para-hydroxylation sites is 1. The molecule has 0 bridgehead atoms. The van der Waals surface area contributed by atoms with Crippen LogP contribution in [0.3, 0.4) is 0 Å². The summed E-state index contributed by atoms with van der Waals surface area (Å²) in [5.41, 5.74) is 9.08. The molecule has 0 saturated heterocycles. The molecule has 0 radical (unpaired) electrons. The molecule has 0 fully saturated rings. The van der Waals surface area contributed by atoms with Crippen LogP contribution in [0.1, 0.15) is 15.9 Å². The van der Waals surface area contributed by atoms with Gasteiger partial charge in [0.05, 0.1) is 5.69 Å². The molecule has 21 heavy (non-hydrogen) atoms. The van der Waals surface area contributed by atoms with Gasteiger partial charge in [-0.15, -0.1) is 11.8 Å². The van der Waals surface area contributed by atoms with Gasteiger partial charge in [-0.2, -0.15) is 0 Å². The van der Waals surface area contributed by atoms with E-state index < -0.39 is 0 Å². The van der Waals surface area contributed by atoms with Gasteiger partial charge >= 0.3 is 0 Å². The highest BCUT2D eigenvalue weighted by Crippen LogP contribution is 2.36. The van der Waals surface area contributed by atoms with Crippen molar-refractivity contribution in [3.8, 4) is 0 Å². The number of hydrogen-bond acceptors (Lipinski definition) is 3. The Labute approximate surface area is 136 Å². The van der Waals surface area contributed by atoms with Gasteiger partial charge in [0.25, 0.3) is 5.91 Å². The number of anilines is 2. The first-order valence-corrected chi connectivity index (χ1v) is 8.45. The van der Waals surface area contributed by atoms with E-state index >= 15 is 0 Å². The van der Waals surface area contributed by atoms with Crippen LogP contribution >= 0.6 is 27.7 Å². The van der Waals surface area contributed by atoms with Crippen LogP contribution in [0, 0.1) is 6.92 Å². The molecule has 2 aromatic carbocycles. The van der Waals surface area contributed by atoms with Gasteiger partial charge in [-0.25, -0.2) is 0 Å². The highest BCUT2D eigenvalue weighted by atomic mass is 79.9. The average molecular weight is 363 g/mol. The largest absolute Gasteiger partial charge is 0.398 e. The molecule has 1 heterocycles. The fraction of sp³-hybridized carbons (Fsp3) is 0.188. The van der Waals surface area contributed by atoms with Crippen molar-refractivity contribution >= 4 is 45.0 Å². The second kappa shape index (κ2) is 5.73. The first-order chi connectivity index (χ1) is 10.1. The van der Waals surface area contributed by atoms with Gasteiger partial charge in [0.15, 0.2) is 0 Å². The van der Waals surface area contributed by atoms with E-state index in [4.69, 9.17) is 5.73 Å². The van der Waals surface area contributed by atoms with E-state index in [1.54, 1.807) is 11.8 Å². The number of hydrogen-bond donors (Lipinski definition) is 1. The summed E-state index contributed by atoms with van der Waals surface area (Å²) in [4.78, 5) is 15.9. The Morgan fingerprint density at radius 1 is 1.33 bits per heavy atom. The van der Waals surface area contributed by atoms with Crippen LogP contribution < -0.4 is 10.6 Å². The molecule has 5 heteroatoms. The molecule has 3 rings (SSSR count). The predicted octanol–water partition coefficient (Wildman–Crippen LogP) is 4.09. The third kappa shape index (κ3) is 2.68. The summed E-state index contributed by atoms with van der Waals surface area (Å²) in [6.45, 7) is 2.60. The molecule has 1 amide bonds. The summed E-state index contributed by atoms with van der Waals surface area (Å²) in [6, 6.07) is 11.7. The lowest BCUT2D eigenvalue weighted by Gasteiger charge is -2.29. The lowest BCUT2D eigenvalue weighted by molar-refractivity contribution is 0.0987. The van der Waals surface area contributed by atoms with Crippen LogP contribution in [0.25, 0.3) is 0 Å². The summed E-state index contributed by atoms with van der Waals surface area (Å²) in [7, 11) is 0. The van der Waals surface area contributed by atoms with Gasteiger partial charge < -0.3 is 10.6 Å². The number of amides is 1. The SMILES string of the molecule is Cc1c(N)cc(Br)cc1C(=O)N1CCSc2ccccc21. The molecule has 1 aliphatic rings. The average Bonchev–Trinajstić information content (AvgIpc) is 2.49. The standard InChI is InChI=1S/C16H15BrN2OS/c1-10-12(8-11(17)9-13(10)18)16(20)19-6-7-21-15-5-3-2-4-14(15)19/h2-5,8-9H,6-7,18H2,1H3. The Hall–Kier alpha value is -1.46. The van der Waals surface area contributed by atoms with Crippen molar-refractivity contribution in [1.82, 2.24) is 0 Å². The van der Waals surface area contributed by atoms with Crippen LogP contribution in [0.5, 0.6) is 0 Å². The smallest absolute Gasteiger partial charge is 0.258 e. The lowest BCUT2D eigenvalue weighted by atomic mass is 10.1. The number of halogens is 1. The van der Waals surface area contributed by atoms with E-state index in [0.29, 0.717) is 17.8 Å². The Kier molecular flexibility index (Phi) is 3.95. The molecular weight excluding hydrogens is 348 g/mol. The maximum absolute atomic E-state index is 12.9. The van der Waals surface area contributed by atoms with Gasteiger partial charge in [0.1, 0.15) is 0 Å². The fourth-order valence-corrected chi connectivity index (χ4v) is 3.92. The van der Waals surface area contributed by atoms with E-state index in [1.807, 2.05) is 42.2 Å². The molecule has 0 saturated carbocycles. The third-order valence-electron chi connectivity index (χ3n) is 3.62. The van der Waals surface area contributed by atoms with E-state index in [1.165, 1.54) is 0 Å². The monoisotopic (exact) mass is 362 g/mol. The van der Waals surface area contributed by atoms with Gasteiger partial charge in [0.2, 0.25) is 0 Å². The number of rotatable bonds is 1. The normalized spacial score (nSPS) is 13.9.